The molecule has 57 heavy (non-hydrogen) atoms. The Morgan fingerprint density at radius 1 is 0.842 bits per heavy atom. The molecule has 0 unspecified atom stereocenters. The van der Waals surface area contributed by atoms with Gasteiger partial charge in [0.2, 0.25) is 5.91 Å². The van der Waals surface area contributed by atoms with Gasteiger partial charge in [-0.2, -0.15) is 13.5 Å². The summed E-state index contributed by atoms with van der Waals surface area (Å²) in [5.41, 5.74) is 7.37. The van der Waals surface area contributed by atoms with Crippen LogP contribution in [0, 0.1) is 0 Å². The van der Waals surface area contributed by atoms with Gasteiger partial charge in [0.15, 0.2) is 0 Å². The Balaban J connectivity index is 1.12. The Morgan fingerprint density at radius 3 is 2.33 bits per heavy atom. The van der Waals surface area contributed by atoms with Crippen LogP contribution in [0.5, 0.6) is 5.75 Å². The van der Waals surface area contributed by atoms with E-state index in [0.717, 1.165) is 81.0 Å². The van der Waals surface area contributed by atoms with E-state index in [1.165, 1.54) is 42.2 Å². The van der Waals surface area contributed by atoms with E-state index in [4.69, 9.17) is 4.74 Å². The molecule has 0 saturated heterocycles. The molecule has 0 atom stereocenters. The van der Waals surface area contributed by atoms with Crippen LogP contribution in [0.2, 0.25) is 0 Å². The minimum absolute atomic E-state index is 0.0667. The summed E-state index contributed by atoms with van der Waals surface area (Å²) in [6, 6.07) is 22.9. The van der Waals surface area contributed by atoms with E-state index in [1.807, 2.05) is 30.3 Å². The molecule has 0 aliphatic carbocycles. The van der Waals surface area contributed by atoms with Gasteiger partial charge in [-0.15, -0.1) is 0 Å². The number of nitrogens with one attached hydrogen (secondary N) is 3. The molecule has 0 spiro atoms. The van der Waals surface area contributed by atoms with Crippen molar-refractivity contribution >= 4 is 45.7 Å². The fourth-order valence-corrected chi connectivity index (χ4v) is 6.82. The monoisotopic (exact) mass is 798 g/mol. The van der Waals surface area contributed by atoms with Crippen molar-refractivity contribution in [2.75, 3.05) is 30.5 Å². The van der Waals surface area contributed by atoms with Crippen molar-refractivity contribution in [2.45, 2.75) is 89.4 Å². The molecule has 4 rings (SSSR count). The first-order chi connectivity index (χ1) is 27.5. The Labute approximate surface area is 336 Å². The molecule has 0 radical (unpaired) electrons. The standard InChI is InChI=1S/C43H54N6O7S/c1-4-6-16-32-23-25-38(56-43(52)49(3)37-20-14-12-17-33(37)5-2)34(29-32)18-10-8-7-9-11-22-41(50)44-27-28-45-42(51)36-24-26-40(46-30-36)48-47-31-35-19-13-15-21-39(35)57(53,54)55/h12-15,17,19-21,23-26,29-31H,4-11,16,18,22,27-28H2,1-3H3,(H,44,50)(H,45,51)(H,46,48)(H,53,54,55)/b47-31-. The summed E-state index contributed by atoms with van der Waals surface area (Å²) < 4.78 is 38.4. The molecule has 4 N–H and O–H groups in total. The molecule has 0 aliphatic heterocycles. The van der Waals surface area contributed by atoms with Crippen molar-refractivity contribution in [3.63, 3.8) is 0 Å². The number of amides is 3. The third kappa shape index (κ3) is 14.4. The van der Waals surface area contributed by atoms with Crippen LogP contribution in [-0.4, -0.2) is 62.2 Å². The molecule has 0 bridgehead atoms. The van der Waals surface area contributed by atoms with Crippen molar-refractivity contribution in [3.05, 3.63) is 113 Å². The molecular formula is C43H54N6O7S. The first-order valence-corrected chi connectivity index (χ1v) is 21.0. The first-order valence-electron chi connectivity index (χ1n) is 19.5. The van der Waals surface area contributed by atoms with Crippen LogP contribution < -0.4 is 25.7 Å². The van der Waals surface area contributed by atoms with Crippen LogP contribution >= 0.6 is 0 Å². The third-order valence-corrected chi connectivity index (χ3v) is 10.3. The van der Waals surface area contributed by atoms with Crippen LogP contribution in [0.1, 0.15) is 97.8 Å². The van der Waals surface area contributed by atoms with Gasteiger partial charge in [0.1, 0.15) is 16.5 Å². The zero-order valence-electron chi connectivity index (χ0n) is 33.0. The summed E-state index contributed by atoms with van der Waals surface area (Å²) in [5, 5.41) is 9.55. The van der Waals surface area contributed by atoms with Crippen molar-refractivity contribution in [3.8, 4) is 5.75 Å². The van der Waals surface area contributed by atoms with Gasteiger partial charge in [0, 0.05) is 44.0 Å². The molecule has 0 saturated carbocycles. The zero-order chi connectivity index (χ0) is 41.0. The minimum atomic E-state index is -4.40. The molecule has 3 aromatic carbocycles. The van der Waals surface area contributed by atoms with E-state index in [1.54, 1.807) is 24.1 Å². The average Bonchev–Trinajstić information content (AvgIpc) is 3.21. The number of rotatable bonds is 22. The molecule has 1 aromatic heterocycles. The lowest BCUT2D eigenvalue weighted by molar-refractivity contribution is -0.121. The maximum atomic E-state index is 13.2. The molecule has 13 nitrogen and oxygen atoms in total. The van der Waals surface area contributed by atoms with E-state index in [2.05, 4.69) is 52.1 Å². The number of unbranched alkanes of at least 4 members (excludes halogenated alkanes) is 5. The largest absolute Gasteiger partial charge is 0.419 e. The average molecular weight is 799 g/mol. The van der Waals surface area contributed by atoms with Crippen molar-refractivity contribution in [1.29, 1.82) is 0 Å². The number of carbonyl (C=O) groups excluding carboxylic acids is 3. The SMILES string of the molecule is CCCCc1ccc(OC(=O)N(C)c2ccccc2CC)c(CCCCCCCC(=O)NCCNC(=O)c2ccc(N/N=C\c3ccccc3S(=O)(=O)O)nc2)c1. The molecule has 4 aromatic rings. The number of aromatic nitrogens is 1. The number of aryl methyl sites for hydroxylation is 3. The molecule has 1 heterocycles. The summed E-state index contributed by atoms with van der Waals surface area (Å²) in [7, 11) is -2.66. The van der Waals surface area contributed by atoms with Gasteiger partial charge in [-0.1, -0.05) is 88.1 Å². The lowest BCUT2D eigenvalue weighted by atomic mass is 10.00. The molecular weight excluding hydrogens is 745 g/mol. The van der Waals surface area contributed by atoms with Gasteiger partial charge in [0.05, 0.1) is 11.8 Å². The van der Waals surface area contributed by atoms with Gasteiger partial charge in [-0.3, -0.25) is 24.5 Å². The number of benzene rings is 3. The van der Waals surface area contributed by atoms with E-state index < -0.39 is 16.2 Å². The number of hydrazone groups is 1. The topological polar surface area (TPSA) is 179 Å². The minimum Gasteiger partial charge on any atom is -0.410 e. The van der Waals surface area contributed by atoms with E-state index >= 15 is 0 Å². The van der Waals surface area contributed by atoms with Crippen LogP contribution in [0.25, 0.3) is 0 Å². The normalized spacial score (nSPS) is 11.3. The van der Waals surface area contributed by atoms with Crippen molar-refractivity contribution < 1.29 is 32.1 Å². The fourth-order valence-electron chi connectivity index (χ4n) is 6.15. The van der Waals surface area contributed by atoms with E-state index in [0.29, 0.717) is 30.1 Å². The second kappa shape index (κ2) is 22.8. The highest BCUT2D eigenvalue weighted by Gasteiger charge is 2.18. The number of hydrogen-bond acceptors (Lipinski definition) is 9. The van der Waals surface area contributed by atoms with E-state index in [-0.39, 0.29) is 28.8 Å². The van der Waals surface area contributed by atoms with Gasteiger partial charge in [0.25, 0.3) is 16.0 Å². The van der Waals surface area contributed by atoms with Gasteiger partial charge >= 0.3 is 6.09 Å². The Hall–Kier alpha value is -5.60. The second-order valence-electron chi connectivity index (χ2n) is 13.6. The van der Waals surface area contributed by atoms with Crippen molar-refractivity contribution in [2.24, 2.45) is 5.10 Å². The number of anilines is 2. The first kappa shape index (κ1) is 44.1. The number of para-hydroxylation sites is 1. The molecule has 0 fully saturated rings. The van der Waals surface area contributed by atoms with Crippen LogP contribution in [0.15, 0.2) is 95.1 Å². The maximum absolute atomic E-state index is 13.2. The van der Waals surface area contributed by atoms with Gasteiger partial charge < -0.3 is 15.4 Å². The number of carbonyl (C=O) groups is 3. The number of pyridine rings is 1. The fraction of sp³-hybridized carbons (Fsp3) is 0.372. The zero-order valence-corrected chi connectivity index (χ0v) is 33.8. The maximum Gasteiger partial charge on any atom is 0.419 e. The Morgan fingerprint density at radius 2 is 1.58 bits per heavy atom. The summed E-state index contributed by atoms with van der Waals surface area (Å²) in [6.07, 6.45) is 12.0. The molecule has 14 heteroatoms. The summed E-state index contributed by atoms with van der Waals surface area (Å²) >= 11 is 0. The quantitative estimate of drug-likeness (QED) is 0.0268. The number of hydrogen-bond donors (Lipinski definition) is 4. The highest BCUT2D eigenvalue weighted by molar-refractivity contribution is 7.86. The molecule has 3 amide bonds. The van der Waals surface area contributed by atoms with Crippen LogP contribution in [0.3, 0.4) is 0 Å². The van der Waals surface area contributed by atoms with Gasteiger partial charge in [-0.05, 0) is 85.5 Å². The van der Waals surface area contributed by atoms with Crippen molar-refractivity contribution in [1.82, 2.24) is 15.6 Å². The smallest absolute Gasteiger partial charge is 0.410 e. The van der Waals surface area contributed by atoms with Crippen LogP contribution in [-0.2, 0) is 34.2 Å². The van der Waals surface area contributed by atoms with Gasteiger partial charge in [-0.25, -0.2) is 9.78 Å². The van der Waals surface area contributed by atoms with Crippen LogP contribution in [0.4, 0.5) is 16.3 Å². The molecule has 304 valence electrons. The Bertz CT molecular complexity index is 2070. The lowest BCUT2D eigenvalue weighted by Gasteiger charge is -2.21. The lowest BCUT2D eigenvalue weighted by Crippen LogP contribution is -2.34. The number of ether oxygens (including phenoxy) is 1. The Kier molecular flexibility index (Phi) is 17.7. The number of nitrogens with zero attached hydrogens (tertiary/aromatic N) is 3. The summed E-state index contributed by atoms with van der Waals surface area (Å²) in [6.45, 7) is 4.79. The predicted molar refractivity (Wildman–Crippen MR) is 224 cm³/mol. The summed E-state index contributed by atoms with van der Waals surface area (Å²) in [4.78, 5) is 43.5. The molecule has 0 aliphatic rings. The van der Waals surface area contributed by atoms with E-state index in [9.17, 15) is 27.4 Å². The second-order valence-corrected chi connectivity index (χ2v) is 15.0. The third-order valence-electron chi connectivity index (χ3n) is 9.34. The highest BCUT2D eigenvalue weighted by atomic mass is 32.2. The summed E-state index contributed by atoms with van der Waals surface area (Å²) in [5.74, 6) is 0.501. The highest BCUT2D eigenvalue weighted by Crippen LogP contribution is 2.27. The predicted octanol–water partition coefficient (Wildman–Crippen LogP) is 7.74.